The van der Waals surface area contributed by atoms with E-state index in [1.165, 1.54) is 11.3 Å². The molecule has 0 aliphatic carbocycles. The molecular weight excluding hydrogens is 356 g/mol. The number of hydrogen-bond acceptors (Lipinski definition) is 4. The lowest BCUT2D eigenvalue weighted by Crippen LogP contribution is -2.22. The lowest BCUT2D eigenvalue weighted by atomic mass is 10.3. The van der Waals surface area contributed by atoms with E-state index < -0.39 is 0 Å². The van der Waals surface area contributed by atoms with Crippen molar-refractivity contribution in [3.63, 3.8) is 0 Å². The molecule has 6 heteroatoms. The highest BCUT2D eigenvalue weighted by molar-refractivity contribution is 9.10. The minimum Gasteiger partial charge on any atom is -0.267 e. The Labute approximate surface area is 129 Å². The predicted molar refractivity (Wildman–Crippen MR) is 87.6 cm³/mol. The van der Waals surface area contributed by atoms with Gasteiger partial charge in [-0.25, -0.2) is 9.38 Å². The summed E-state index contributed by atoms with van der Waals surface area (Å²) in [4.78, 5) is 18.8. The second-order valence-corrected chi connectivity index (χ2v) is 7.17. The van der Waals surface area contributed by atoms with Crippen molar-refractivity contribution in [2.75, 3.05) is 0 Å². The van der Waals surface area contributed by atoms with E-state index in [4.69, 9.17) is 0 Å². The number of thiazole rings is 1. The van der Waals surface area contributed by atoms with Gasteiger partial charge in [-0.1, -0.05) is 23.5 Å². The summed E-state index contributed by atoms with van der Waals surface area (Å²) in [5.41, 5.74) is 1.74. The van der Waals surface area contributed by atoms with Gasteiger partial charge in [0.2, 0.25) is 0 Å². The van der Waals surface area contributed by atoms with Crippen molar-refractivity contribution >= 4 is 60.7 Å². The number of nitrogens with zero attached hydrogens (tertiary/aromatic N) is 2. The second-order valence-electron chi connectivity index (χ2n) is 4.30. The fraction of sp³-hybridized carbons (Fsp3) is 0. The van der Waals surface area contributed by atoms with Crippen molar-refractivity contribution in [3.8, 4) is 0 Å². The van der Waals surface area contributed by atoms with Crippen LogP contribution in [-0.2, 0) is 0 Å². The van der Waals surface area contributed by atoms with Gasteiger partial charge in [-0.05, 0) is 40.2 Å². The summed E-state index contributed by atoms with van der Waals surface area (Å²) in [6.45, 7) is 0. The van der Waals surface area contributed by atoms with Crippen molar-refractivity contribution in [1.82, 2.24) is 9.38 Å². The third-order valence-electron chi connectivity index (χ3n) is 3.01. The third-order valence-corrected chi connectivity index (χ3v) is 5.62. The quantitative estimate of drug-likeness (QED) is 0.520. The number of rotatable bonds is 1. The topological polar surface area (TPSA) is 34.4 Å². The number of imidazole rings is 1. The average Bonchev–Trinajstić information content (AvgIpc) is 3.07. The van der Waals surface area contributed by atoms with E-state index >= 15 is 0 Å². The van der Waals surface area contributed by atoms with Crippen LogP contribution < -0.4 is 10.1 Å². The van der Waals surface area contributed by atoms with Crippen LogP contribution in [0.5, 0.6) is 0 Å². The first-order valence-electron chi connectivity index (χ1n) is 5.88. The van der Waals surface area contributed by atoms with Crippen molar-refractivity contribution < 1.29 is 0 Å². The number of benzene rings is 1. The van der Waals surface area contributed by atoms with Gasteiger partial charge in [0, 0.05) is 14.7 Å². The SMILES string of the molecule is O=c1/c(=C/c2cc(Br)cs2)sc2nc3ccccc3n12. The van der Waals surface area contributed by atoms with E-state index in [9.17, 15) is 4.79 Å². The van der Waals surface area contributed by atoms with Gasteiger partial charge in [0.05, 0.1) is 15.6 Å². The Hall–Kier alpha value is -1.50. The molecule has 4 aromatic rings. The monoisotopic (exact) mass is 362 g/mol. The van der Waals surface area contributed by atoms with Crippen LogP contribution in [0.4, 0.5) is 0 Å². The Morgan fingerprint density at radius 3 is 2.95 bits per heavy atom. The van der Waals surface area contributed by atoms with Gasteiger partial charge >= 0.3 is 0 Å². The molecule has 0 saturated heterocycles. The first-order chi connectivity index (χ1) is 9.72. The summed E-state index contributed by atoms with van der Waals surface area (Å²) in [7, 11) is 0. The molecule has 0 aliphatic heterocycles. The molecule has 0 spiro atoms. The van der Waals surface area contributed by atoms with Crippen molar-refractivity contribution in [1.29, 1.82) is 0 Å². The van der Waals surface area contributed by atoms with E-state index in [0.29, 0.717) is 4.53 Å². The molecule has 20 heavy (non-hydrogen) atoms. The number of para-hydroxylation sites is 2. The number of thiophene rings is 1. The lowest BCUT2D eigenvalue weighted by Gasteiger charge is -1.86. The molecule has 98 valence electrons. The molecule has 0 amide bonds. The molecule has 3 heterocycles. The molecule has 0 unspecified atom stereocenters. The minimum atomic E-state index is 0.00298. The molecule has 0 N–H and O–H groups in total. The highest BCUT2D eigenvalue weighted by Gasteiger charge is 2.10. The zero-order valence-corrected chi connectivity index (χ0v) is 13.3. The highest BCUT2D eigenvalue weighted by atomic mass is 79.9. The Morgan fingerprint density at radius 1 is 1.30 bits per heavy atom. The van der Waals surface area contributed by atoms with E-state index in [0.717, 1.165) is 25.3 Å². The van der Waals surface area contributed by atoms with Crippen LogP contribution in [0, 0.1) is 0 Å². The number of aromatic nitrogens is 2. The van der Waals surface area contributed by atoms with Crippen LogP contribution >= 0.6 is 38.6 Å². The summed E-state index contributed by atoms with van der Waals surface area (Å²) in [5, 5.41) is 2.00. The van der Waals surface area contributed by atoms with Crippen LogP contribution in [0.15, 0.2) is 45.0 Å². The molecule has 3 nitrogen and oxygen atoms in total. The fourth-order valence-corrected chi connectivity index (χ4v) is 4.57. The zero-order valence-electron chi connectivity index (χ0n) is 10.0. The van der Waals surface area contributed by atoms with Crippen LogP contribution in [-0.4, -0.2) is 9.38 Å². The van der Waals surface area contributed by atoms with Crippen molar-refractivity contribution in [3.05, 3.63) is 59.9 Å². The third kappa shape index (κ3) is 1.83. The molecular formula is C14H7BrN2OS2. The van der Waals surface area contributed by atoms with Crippen LogP contribution in [0.3, 0.4) is 0 Å². The van der Waals surface area contributed by atoms with E-state index in [-0.39, 0.29) is 5.56 Å². The van der Waals surface area contributed by atoms with Gasteiger partial charge in [-0.2, -0.15) is 0 Å². The van der Waals surface area contributed by atoms with E-state index in [2.05, 4.69) is 20.9 Å². The summed E-state index contributed by atoms with van der Waals surface area (Å²) >= 11 is 6.46. The van der Waals surface area contributed by atoms with Crippen molar-refractivity contribution in [2.24, 2.45) is 0 Å². The lowest BCUT2D eigenvalue weighted by molar-refractivity contribution is 1.19. The van der Waals surface area contributed by atoms with Crippen LogP contribution in [0.2, 0.25) is 0 Å². The summed E-state index contributed by atoms with van der Waals surface area (Å²) in [6, 6.07) is 9.71. The largest absolute Gasteiger partial charge is 0.274 e. The Morgan fingerprint density at radius 2 is 2.15 bits per heavy atom. The predicted octanol–water partition coefficient (Wildman–Crippen LogP) is 3.28. The molecule has 0 saturated carbocycles. The minimum absolute atomic E-state index is 0.00298. The van der Waals surface area contributed by atoms with Gasteiger partial charge in [0.25, 0.3) is 5.56 Å². The van der Waals surface area contributed by atoms with E-state index in [1.807, 2.05) is 41.8 Å². The summed E-state index contributed by atoms with van der Waals surface area (Å²) in [5.74, 6) is 0. The molecule has 0 aliphatic rings. The smallest absolute Gasteiger partial charge is 0.267 e. The molecule has 0 radical (unpaired) electrons. The number of fused-ring (bicyclic) bond motifs is 3. The van der Waals surface area contributed by atoms with Crippen LogP contribution in [0.25, 0.3) is 22.1 Å². The van der Waals surface area contributed by atoms with E-state index in [1.54, 1.807) is 15.7 Å². The van der Waals surface area contributed by atoms with Gasteiger partial charge in [-0.3, -0.25) is 4.79 Å². The fourth-order valence-electron chi connectivity index (χ4n) is 2.15. The van der Waals surface area contributed by atoms with Crippen molar-refractivity contribution in [2.45, 2.75) is 0 Å². The maximum Gasteiger partial charge on any atom is 0.274 e. The summed E-state index contributed by atoms with van der Waals surface area (Å²) in [6.07, 6.45) is 1.92. The highest BCUT2D eigenvalue weighted by Crippen LogP contribution is 2.20. The Balaban J connectivity index is 2.05. The standard InChI is InChI=1S/C14H7BrN2OS2/c15-8-5-9(19-7-8)6-12-13(18)17-11-4-2-1-3-10(11)16-14(17)20-12/h1-7H/b12-6-. The molecule has 1 aromatic carbocycles. The zero-order chi connectivity index (χ0) is 13.7. The summed E-state index contributed by atoms with van der Waals surface area (Å²) < 4.78 is 3.44. The van der Waals surface area contributed by atoms with Gasteiger partial charge in [-0.15, -0.1) is 11.3 Å². The molecule has 0 atom stereocenters. The normalized spacial score (nSPS) is 12.8. The van der Waals surface area contributed by atoms with Gasteiger partial charge in [0.1, 0.15) is 0 Å². The average molecular weight is 363 g/mol. The number of hydrogen-bond donors (Lipinski definition) is 0. The van der Waals surface area contributed by atoms with Crippen LogP contribution in [0.1, 0.15) is 4.88 Å². The Bertz CT molecular complexity index is 1040. The maximum atomic E-state index is 12.5. The van der Waals surface area contributed by atoms with Gasteiger partial charge < -0.3 is 0 Å². The molecule has 0 fully saturated rings. The molecule has 4 rings (SSSR count). The second kappa shape index (κ2) is 4.51. The molecule has 0 bridgehead atoms. The Kier molecular flexibility index (Phi) is 2.76. The molecule has 3 aromatic heterocycles. The first kappa shape index (κ1) is 12.3. The van der Waals surface area contributed by atoms with Gasteiger partial charge in [0.15, 0.2) is 4.96 Å². The maximum absolute atomic E-state index is 12.5. The first-order valence-corrected chi connectivity index (χ1v) is 8.37. The number of halogens is 1.